The lowest BCUT2D eigenvalue weighted by Crippen LogP contribution is -2.42. The summed E-state index contributed by atoms with van der Waals surface area (Å²) in [6, 6.07) is 0.247. The number of aromatic nitrogens is 2. The Balaban J connectivity index is 1.76. The van der Waals surface area contributed by atoms with Crippen molar-refractivity contribution in [1.29, 1.82) is 0 Å². The third kappa shape index (κ3) is 2.63. The summed E-state index contributed by atoms with van der Waals surface area (Å²) in [6.45, 7) is 4.64. The number of hydrogen-bond donors (Lipinski definition) is 1. The van der Waals surface area contributed by atoms with Crippen LogP contribution in [0.25, 0.3) is 4.96 Å². The zero-order chi connectivity index (χ0) is 14.2. The predicted molar refractivity (Wildman–Crippen MR) is 85.1 cm³/mol. The monoisotopic (exact) mass is 291 g/mol. The van der Waals surface area contributed by atoms with Crippen LogP contribution in [-0.2, 0) is 6.42 Å². The van der Waals surface area contributed by atoms with Crippen LogP contribution in [0.5, 0.6) is 0 Å². The van der Waals surface area contributed by atoms with E-state index in [9.17, 15) is 0 Å². The molecule has 1 aliphatic carbocycles. The minimum atomic E-state index is 0.247. The van der Waals surface area contributed by atoms with Gasteiger partial charge in [-0.05, 0) is 30.6 Å². The minimum absolute atomic E-state index is 0.247. The molecule has 3 rings (SSSR count). The highest BCUT2D eigenvalue weighted by atomic mass is 32.1. The molecule has 1 fully saturated rings. The fraction of sp³-hybridized carbons (Fsp3) is 0.688. The fourth-order valence-electron chi connectivity index (χ4n) is 3.93. The first-order valence-corrected chi connectivity index (χ1v) is 8.64. The Hall–Kier alpha value is -0.870. The summed E-state index contributed by atoms with van der Waals surface area (Å²) in [6.07, 6.45) is 11.7. The van der Waals surface area contributed by atoms with E-state index in [1.807, 2.05) is 0 Å². The Morgan fingerprint density at radius 1 is 1.40 bits per heavy atom. The molecule has 1 aliphatic rings. The van der Waals surface area contributed by atoms with Crippen molar-refractivity contribution < 1.29 is 0 Å². The summed E-state index contributed by atoms with van der Waals surface area (Å²) in [5.74, 6) is 0.727. The molecule has 4 heteroatoms. The van der Waals surface area contributed by atoms with E-state index in [1.165, 1.54) is 32.1 Å². The lowest BCUT2D eigenvalue weighted by atomic mass is 9.71. The maximum Gasteiger partial charge on any atom is 0.193 e. The summed E-state index contributed by atoms with van der Waals surface area (Å²) in [7, 11) is 0. The topological polar surface area (TPSA) is 43.3 Å². The quantitative estimate of drug-likeness (QED) is 0.908. The van der Waals surface area contributed by atoms with Gasteiger partial charge in [-0.2, -0.15) is 0 Å². The maximum absolute atomic E-state index is 6.64. The van der Waals surface area contributed by atoms with Crippen LogP contribution in [0.15, 0.2) is 17.8 Å². The molecule has 110 valence electrons. The average Bonchev–Trinajstić information content (AvgIpc) is 3.03. The number of nitrogens with zero attached hydrogens (tertiary/aromatic N) is 2. The highest BCUT2D eigenvalue weighted by Gasteiger charge is 2.39. The number of nitrogens with two attached hydrogens (primary N) is 1. The lowest BCUT2D eigenvalue weighted by Gasteiger charge is -2.36. The van der Waals surface area contributed by atoms with Gasteiger partial charge in [-0.25, -0.2) is 4.98 Å². The molecule has 2 aromatic heterocycles. The molecule has 1 saturated carbocycles. The van der Waals surface area contributed by atoms with Crippen LogP contribution < -0.4 is 5.73 Å². The van der Waals surface area contributed by atoms with Crippen LogP contribution in [0.3, 0.4) is 0 Å². The smallest absolute Gasteiger partial charge is 0.193 e. The minimum Gasteiger partial charge on any atom is -0.327 e. The molecule has 0 aliphatic heterocycles. The van der Waals surface area contributed by atoms with Crippen molar-refractivity contribution in [3.8, 4) is 0 Å². The molecule has 0 aromatic carbocycles. The Bertz CT molecular complexity index is 535. The Kier molecular flexibility index (Phi) is 3.87. The number of imidazole rings is 1. The highest BCUT2D eigenvalue weighted by molar-refractivity contribution is 7.15. The second-order valence-corrected chi connectivity index (χ2v) is 7.68. The number of thiazole rings is 1. The summed E-state index contributed by atoms with van der Waals surface area (Å²) in [4.78, 5) is 5.78. The van der Waals surface area contributed by atoms with Gasteiger partial charge in [-0.1, -0.05) is 26.7 Å². The molecule has 0 amide bonds. The first-order valence-electron chi connectivity index (χ1n) is 7.76. The van der Waals surface area contributed by atoms with Crippen molar-refractivity contribution in [3.63, 3.8) is 0 Å². The van der Waals surface area contributed by atoms with Crippen molar-refractivity contribution in [2.24, 2.45) is 17.1 Å². The fourth-order valence-corrected chi connectivity index (χ4v) is 4.65. The SMILES string of the molecule is CC(C)CC1(C(N)Cc2cn3ccsc3n2)CCCC1. The molecule has 20 heavy (non-hydrogen) atoms. The van der Waals surface area contributed by atoms with Gasteiger partial charge >= 0.3 is 0 Å². The maximum atomic E-state index is 6.64. The van der Waals surface area contributed by atoms with Crippen LogP contribution in [0, 0.1) is 11.3 Å². The third-order valence-electron chi connectivity index (χ3n) is 4.77. The first-order chi connectivity index (χ1) is 9.59. The zero-order valence-corrected chi connectivity index (χ0v) is 13.3. The van der Waals surface area contributed by atoms with Gasteiger partial charge in [0, 0.05) is 30.2 Å². The lowest BCUT2D eigenvalue weighted by molar-refractivity contribution is 0.181. The van der Waals surface area contributed by atoms with Crippen LogP contribution in [0.1, 0.15) is 51.6 Å². The standard InChI is InChI=1S/C16H25N3S/c1-12(2)10-16(5-3-4-6-16)14(17)9-13-11-19-7-8-20-15(19)18-13/h7-8,11-12,14H,3-6,9-10,17H2,1-2H3. The van der Waals surface area contributed by atoms with Gasteiger partial charge in [0.25, 0.3) is 0 Å². The van der Waals surface area contributed by atoms with E-state index < -0.39 is 0 Å². The van der Waals surface area contributed by atoms with E-state index in [-0.39, 0.29) is 6.04 Å². The molecule has 2 heterocycles. The van der Waals surface area contributed by atoms with Crippen LogP contribution in [-0.4, -0.2) is 15.4 Å². The molecule has 0 saturated heterocycles. The van der Waals surface area contributed by atoms with Gasteiger partial charge in [0.2, 0.25) is 0 Å². The van der Waals surface area contributed by atoms with Gasteiger partial charge in [-0.3, -0.25) is 4.40 Å². The molecule has 0 spiro atoms. The molecular formula is C16H25N3S. The summed E-state index contributed by atoms with van der Waals surface area (Å²) in [5.41, 5.74) is 8.14. The second kappa shape index (κ2) is 5.49. The van der Waals surface area contributed by atoms with Gasteiger partial charge < -0.3 is 5.73 Å². The number of hydrogen-bond acceptors (Lipinski definition) is 3. The Morgan fingerprint density at radius 3 is 2.80 bits per heavy atom. The molecular weight excluding hydrogens is 266 g/mol. The second-order valence-electron chi connectivity index (χ2n) is 6.80. The van der Waals surface area contributed by atoms with Crippen molar-refractivity contribution in [1.82, 2.24) is 9.38 Å². The average molecular weight is 291 g/mol. The van der Waals surface area contributed by atoms with Crippen LogP contribution >= 0.6 is 11.3 Å². The third-order valence-corrected chi connectivity index (χ3v) is 5.54. The van der Waals surface area contributed by atoms with Gasteiger partial charge in [-0.15, -0.1) is 11.3 Å². The summed E-state index contributed by atoms with van der Waals surface area (Å²) < 4.78 is 2.11. The van der Waals surface area contributed by atoms with E-state index in [0.29, 0.717) is 5.41 Å². The Labute approximate surface area is 125 Å². The Morgan fingerprint density at radius 2 is 2.15 bits per heavy atom. The van der Waals surface area contributed by atoms with Gasteiger partial charge in [0.15, 0.2) is 4.96 Å². The van der Waals surface area contributed by atoms with Crippen molar-refractivity contribution >= 4 is 16.3 Å². The molecule has 0 bridgehead atoms. The molecule has 1 atom stereocenters. The molecule has 2 N–H and O–H groups in total. The van der Waals surface area contributed by atoms with E-state index in [2.05, 4.69) is 36.0 Å². The first kappa shape index (κ1) is 14.1. The molecule has 2 aromatic rings. The molecule has 0 radical (unpaired) electrons. The van der Waals surface area contributed by atoms with Crippen molar-refractivity contribution in [2.75, 3.05) is 0 Å². The van der Waals surface area contributed by atoms with Crippen LogP contribution in [0.4, 0.5) is 0 Å². The summed E-state index contributed by atoms with van der Waals surface area (Å²) in [5, 5.41) is 2.07. The normalized spacial score (nSPS) is 20.0. The van der Waals surface area contributed by atoms with Gasteiger partial charge in [0.05, 0.1) is 5.69 Å². The van der Waals surface area contributed by atoms with E-state index >= 15 is 0 Å². The van der Waals surface area contributed by atoms with Crippen LogP contribution in [0.2, 0.25) is 0 Å². The number of rotatable bonds is 5. The van der Waals surface area contributed by atoms with Gasteiger partial charge in [0.1, 0.15) is 0 Å². The van der Waals surface area contributed by atoms with E-state index in [4.69, 9.17) is 10.7 Å². The van der Waals surface area contributed by atoms with E-state index in [0.717, 1.165) is 23.0 Å². The molecule has 1 unspecified atom stereocenters. The molecule has 3 nitrogen and oxygen atoms in total. The number of fused-ring (bicyclic) bond motifs is 1. The summed E-state index contributed by atoms with van der Waals surface area (Å²) >= 11 is 1.69. The van der Waals surface area contributed by atoms with E-state index in [1.54, 1.807) is 11.3 Å². The van der Waals surface area contributed by atoms with Crippen molar-refractivity contribution in [2.45, 2.75) is 58.4 Å². The predicted octanol–water partition coefficient (Wildman–Crippen LogP) is 3.87. The highest BCUT2D eigenvalue weighted by Crippen LogP contribution is 2.46. The van der Waals surface area contributed by atoms with Crippen molar-refractivity contribution in [3.05, 3.63) is 23.5 Å². The largest absolute Gasteiger partial charge is 0.327 e. The zero-order valence-electron chi connectivity index (χ0n) is 12.5.